The first-order valence-electron chi connectivity index (χ1n) is 8.99. The van der Waals surface area contributed by atoms with Gasteiger partial charge in [0.2, 0.25) is 0 Å². The Kier molecular flexibility index (Phi) is 6.36. The number of alkyl halides is 3. The predicted molar refractivity (Wildman–Crippen MR) is 105 cm³/mol. The largest absolute Gasteiger partial charge is 0.416 e. The third-order valence-electron chi connectivity index (χ3n) is 4.34. The van der Waals surface area contributed by atoms with Gasteiger partial charge in [-0.05, 0) is 30.3 Å². The first-order chi connectivity index (χ1) is 14.3. The molecule has 3 rings (SSSR count). The van der Waals surface area contributed by atoms with Crippen molar-refractivity contribution in [2.24, 2.45) is 0 Å². The first-order valence-corrected chi connectivity index (χ1v) is 8.99. The lowest BCUT2D eigenvalue weighted by Gasteiger charge is -2.12. The maximum absolute atomic E-state index is 12.6. The number of ether oxygens (including phenoxy) is 1. The van der Waals surface area contributed by atoms with E-state index >= 15 is 0 Å². The van der Waals surface area contributed by atoms with Gasteiger partial charge in [-0.2, -0.15) is 18.3 Å². The lowest BCUT2D eigenvalue weighted by Crippen LogP contribution is -2.31. The van der Waals surface area contributed by atoms with E-state index in [9.17, 15) is 22.8 Å². The van der Waals surface area contributed by atoms with Crippen molar-refractivity contribution < 1.29 is 22.7 Å². The quantitative estimate of drug-likeness (QED) is 0.640. The zero-order valence-electron chi connectivity index (χ0n) is 16.0. The molecule has 10 heteroatoms. The van der Waals surface area contributed by atoms with Crippen molar-refractivity contribution in [3.63, 3.8) is 0 Å². The van der Waals surface area contributed by atoms with E-state index in [0.717, 1.165) is 12.1 Å². The maximum atomic E-state index is 12.6. The van der Waals surface area contributed by atoms with E-state index in [1.54, 1.807) is 24.3 Å². The van der Waals surface area contributed by atoms with Crippen LogP contribution in [0.15, 0.2) is 53.3 Å². The average Bonchev–Trinajstić information content (AvgIpc) is 2.72. The number of nitrogens with zero attached hydrogens (tertiary/aromatic N) is 2. The molecule has 3 aromatic rings. The molecular weight excluding hydrogens is 401 g/mol. The number of fused-ring (bicyclic) bond motifs is 1. The standard InChI is InChI=1S/C20H19F3N4O3/c1-30-11-10-27-18(28)16-5-3-2-4-15(16)17(26-27)12-24-19(29)25-14-8-6-13(7-9-14)20(21,22)23/h2-9H,10-12H2,1H3,(H2,24,25,29). The van der Waals surface area contributed by atoms with Gasteiger partial charge in [-0.1, -0.05) is 18.2 Å². The van der Waals surface area contributed by atoms with Crippen LogP contribution in [0.2, 0.25) is 0 Å². The number of halogens is 3. The second-order valence-corrected chi connectivity index (χ2v) is 6.40. The fourth-order valence-electron chi connectivity index (χ4n) is 2.85. The minimum absolute atomic E-state index is 0.0141. The summed E-state index contributed by atoms with van der Waals surface area (Å²) >= 11 is 0. The number of anilines is 1. The van der Waals surface area contributed by atoms with Crippen LogP contribution in [0.4, 0.5) is 23.7 Å². The van der Waals surface area contributed by atoms with Crippen molar-refractivity contribution in [3.05, 3.63) is 70.1 Å². The van der Waals surface area contributed by atoms with Crippen molar-refractivity contribution in [1.82, 2.24) is 15.1 Å². The Labute approximate surface area is 169 Å². The van der Waals surface area contributed by atoms with Crippen LogP contribution in [0, 0.1) is 0 Å². The highest BCUT2D eigenvalue weighted by Crippen LogP contribution is 2.29. The van der Waals surface area contributed by atoms with Gasteiger partial charge in [-0.25, -0.2) is 9.48 Å². The highest BCUT2D eigenvalue weighted by atomic mass is 19.4. The first kappa shape index (κ1) is 21.3. The van der Waals surface area contributed by atoms with Gasteiger partial charge in [0.15, 0.2) is 0 Å². The summed E-state index contributed by atoms with van der Waals surface area (Å²) in [6, 6.07) is 10.4. The molecule has 7 nitrogen and oxygen atoms in total. The van der Waals surface area contributed by atoms with Crippen LogP contribution >= 0.6 is 0 Å². The number of carbonyl (C=O) groups excluding carboxylic acids is 1. The van der Waals surface area contributed by atoms with Crippen LogP contribution in [-0.2, 0) is 24.0 Å². The van der Waals surface area contributed by atoms with Crippen molar-refractivity contribution in [1.29, 1.82) is 0 Å². The molecule has 2 N–H and O–H groups in total. The molecule has 0 aliphatic rings. The van der Waals surface area contributed by atoms with Crippen LogP contribution < -0.4 is 16.2 Å². The molecule has 2 aromatic carbocycles. The maximum Gasteiger partial charge on any atom is 0.416 e. The summed E-state index contributed by atoms with van der Waals surface area (Å²) in [6.45, 7) is 0.567. The van der Waals surface area contributed by atoms with Gasteiger partial charge in [0, 0.05) is 18.2 Å². The normalized spacial score (nSPS) is 11.5. The molecule has 0 aliphatic heterocycles. The number of hydrogen-bond donors (Lipinski definition) is 2. The summed E-state index contributed by atoms with van der Waals surface area (Å²) < 4.78 is 44.1. The minimum atomic E-state index is -4.45. The monoisotopic (exact) mass is 420 g/mol. The van der Waals surface area contributed by atoms with E-state index in [-0.39, 0.29) is 24.3 Å². The van der Waals surface area contributed by atoms with Gasteiger partial charge in [-0.15, -0.1) is 0 Å². The molecule has 0 saturated carbocycles. The third-order valence-corrected chi connectivity index (χ3v) is 4.34. The Morgan fingerprint density at radius 2 is 1.77 bits per heavy atom. The summed E-state index contributed by atoms with van der Waals surface area (Å²) in [6.07, 6.45) is -4.45. The number of methoxy groups -OCH3 is 1. The number of rotatable bonds is 6. The highest BCUT2D eigenvalue weighted by Gasteiger charge is 2.30. The topological polar surface area (TPSA) is 85.2 Å². The second-order valence-electron chi connectivity index (χ2n) is 6.40. The highest BCUT2D eigenvalue weighted by molar-refractivity contribution is 5.90. The number of carbonyl (C=O) groups is 1. The number of aromatic nitrogens is 2. The summed E-state index contributed by atoms with van der Waals surface area (Å²) in [5, 5.41) is 10.4. The molecule has 2 amide bonds. The molecule has 0 unspecified atom stereocenters. The second kappa shape index (κ2) is 8.95. The molecule has 30 heavy (non-hydrogen) atoms. The SMILES string of the molecule is COCCn1nc(CNC(=O)Nc2ccc(C(F)(F)F)cc2)c2ccccc2c1=O. The van der Waals surface area contributed by atoms with Crippen molar-refractivity contribution in [2.75, 3.05) is 19.0 Å². The number of benzene rings is 2. The summed E-state index contributed by atoms with van der Waals surface area (Å²) in [7, 11) is 1.51. The lowest BCUT2D eigenvalue weighted by atomic mass is 10.1. The Bertz CT molecular complexity index is 1100. The number of amides is 2. The molecule has 0 bridgehead atoms. The van der Waals surface area contributed by atoms with Gasteiger partial charge in [0.05, 0.1) is 36.3 Å². The fraction of sp³-hybridized carbons (Fsp3) is 0.250. The number of hydrogen-bond acceptors (Lipinski definition) is 4. The summed E-state index contributed by atoms with van der Waals surface area (Å²) in [5.74, 6) is 0. The van der Waals surface area contributed by atoms with E-state index in [1.807, 2.05) is 0 Å². The molecule has 0 aliphatic carbocycles. The Hall–Kier alpha value is -3.40. The lowest BCUT2D eigenvalue weighted by molar-refractivity contribution is -0.137. The molecule has 0 radical (unpaired) electrons. The van der Waals surface area contributed by atoms with E-state index in [2.05, 4.69) is 15.7 Å². The molecule has 0 atom stereocenters. The van der Waals surface area contributed by atoms with Crippen LogP contribution in [0.3, 0.4) is 0 Å². The Balaban J connectivity index is 1.74. The molecule has 0 fully saturated rings. The molecular formula is C20H19F3N4O3. The molecule has 1 heterocycles. The summed E-state index contributed by atoms with van der Waals surface area (Å²) in [4.78, 5) is 24.7. The van der Waals surface area contributed by atoms with E-state index in [0.29, 0.717) is 23.1 Å². The van der Waals surface area contributed by atoms with Gasteiger partial charge >= 0.3 is 12.2 Å². The van der Waals surface area contributed by atoms with E-state index in [1.165, 1.54) is 23.9 Å². The van der Waals surface area contributed by atoms with Crippen LogP contribution in [-0.4, -0.2) is 29.5 Å². The average molecular weight is 420 g/mol. The Morgan fingerprint density at radius 1 is 1.10 bits per heavy atom. The number of nitrogens with one attached hydrogen (secondary N) is 2. The van der Waals surface area contributed by atoms with Crippen LogP contribution in [0.5, 0.6) is 0 Å². The van der Waals surface area contributed by atoms with E-state index < -0.39 is 17.8 Å². The Morgan fingerprint density at radius 3 is 2.40 bits per heavy atom. The molecule has 0 spiro atoms. The van der Waals surface area contributed by atoms with Gasteiger partial charge in [0.25, 0.3) is 5.56 Å². The smallest absolute Gasteiger partial charge is 0.383 e. The molecule has 158 valence electrons. The molecule has 0 saturated heterocycles. The van der Waals surface area contributed by atoms with Gasteiger partial charge in [0.1, 0.15) is 0 Å². The predicted octanol–water partition coefficient (Wildman–Crippen LogP) is 3.38. The third kappa shape index (κ3) is 4.95. The van der Waals surface area contributed by atoms with Gasteiger partial charge in [-0.3, -0.25) is 4.79 Å². The van der Waals surface area contributed by atoms with Crippen molar-refractivity contribution in [3.8, 4) is 0 Å². The van der Waals surface area contributed by atoms with Crippen LogP contribution in [0.1, 0.15) is 11.3 Å². The minimum Gasteiger partial charge on any atom is -0.383 e. The van der Waals surface area contributed by atoms with E-state index in [4.69, 9.17) is 4.74 Å². The van der Waals surface area contributed by atoms with Crippen LogP contribution in [0.25, 0.3) is 10.8 Å². The van der Waals surface area contributed by atoms with Crippen molar-refractivity contribution in [2.45, 2.75) is 19.3 Å². The molecule has 1 aromatic heterocycles. The zero-order valence-corrected chi connectivity index (χ0v) is 16.0. The fourth-order valence-corrected chi connectivity index (χ4v) is 2.85. The van der Waals surface area contributed by atoms with Gasteiger partial charge < -0.3 is 15.4 Å². The zero-order chi connectivity index (χ0) is 21.7. The van der Waals surface area contributed by atoms with Crippen molar-refractivity contribution >= 4 is 22.5 Å². The summed E-state index contributed by atoms with van der Waals surface area (Å²) in [5.41, 5.74) is -0.379. The number of urea groups is 1.